The molecule has 24 heavy (non-hydrogen) atoms. The molecule has 1 aliphatic rings. The van der Waals surface area contributed by atoms with Crippen molar-refractivity contribution in [3.05, 3.63) is 36.2 Å². The lowest BCUT2D eigenvalue weighted by Gasteiger charge is -2.34. The fourth-order valence-corrected chi connectivity index (χ4v) is 2.96. The molecule has 1 saturated heterocycles. The summed E-state index contributed by atoms with van der Waals surface area (Å²) in [4.78, 5) is 18.9. The number of hydrogen-bond donors (Lipinski definition) is 2. The number of aromatic amines is 1. The van der Waals surface area contributed by atoms with E-state index >= 15 is 0 Å². The number of H-pyrrole nitrogens is 1. The Bertz CT molecular complexity index is 689. The summed E-state index contributed by atoms with van der Waals surface area (Å²) < 4.78 is 0. The maximum atomic E-state index is 12.4. The molecule has 2 N–H and O–H groups in total. The molecule has 1 aliphatic heterocycles. The number of likely N-dealkylation sites (tertiary alicyclic amines) is 1. The van der Waals surface area contributed by atoms with E-state index in [0.717, 1.165) is 30.8 Å². The number of nitrogens with zero attached hydrogens (tertiary/aromatic N) is 3. The SMILES string of the molecule is CC(C)(C)NC(=O)N1CCC[C@H](c2nc(-c3ccccc3)n[nH]2)C1. The minimum absolute atomic E-state index is 0.00463. The molecule has 3 rings (SSSR count). The third-order valence-corrected chi connectivity index (χ3v) is 4.11. The maximum Gasteiger partial charge on any atom is 0.317 e. The Morgan fingerprint density at radius 3 is 2.75 bits per heavy atom. The summed E-state index contributed by atoms with van der Waals surface area (Å²) in [5, 5.41) is 10.4. The third kappa shape index (κ3) is 3.93. The maximum absolute atomic E-state index is 12.4. The zero-order chi connectivity index (χ0) is 17.2. The van der Waals surface area contributed by atoms with Gasteiger partial charge in [0.2, 0.25) is 0 Å². The van der Waals surface area contributed by atoms with Crippen LogP contribution in [0.1, 0.15) is 45.4 Å². The van der Waals surface area contributed by atoms with Crippen LogP contribution < -0.4 is 5.32 Å². The molecule has 0 bridgehead atoms. The third-order valence-electron chi connectivity index (χ3n) is 4.11. The van der Waals surface area contributed by atoms with Gasteiger partial charge in [0.15, 0.2) is 5.82 Å². The van der Waals surface area contributed by atoms with Crippen molar-refractivity contribution in [3.63, 3.8) is 0 Å². The largest absolute Gasteiger partial charge is 0.333 e. The van der Waals surface area contributed by atoms with Gasteiger partial charge in [0.25, 0.3) is 0 Å². The lowest BCUT2D eigenvalue weighted by Crippen LogP contribution is -2.51. The van der Waals surface area contributed by atoms with E-state index in [0.29, 0.717) is 12.4 Å². The summed E-state index contributed by atoms with van der Waals surface area (Å²) in [6.07, 6.45) is 1.99. The average Bonchev–Trinajstić information content (AvgIpc) is 3.04. The highest BCUT2D eigenvalue weighted by Crippen LogP contribution is 2.26. The summed E-state index contributed by atoms with van der Waals surface area (Å²) in [6.45, 7) is 7.45. The van der Waals surface area contributed by atoms with Crippen LogP contribution in [0, 0.1) is 0 Å². The summed E-state index contributed by atoms with van der Waals surface area (Å²) in [6, 6.07) is 9.92. The van der Waals surface area contributed by atoms with Gasteiger partial charge < -0.3 is 10.2 Å². The monoisotopic (exact) mass is 327 g/mol. The molecule has 6 nitrogen and oxygen atoms in total. The average molecular weight is 327 g/mol. The quantitative estimate of drug-likeness (QED) is 0.890. The molecular weight excluding hydrogens is 302 g/mol. The Morgan fingerprint density at radius 2 is 2.04 bits per heavy atom. The number of carbonyl (C=O) groups is 1. The number of urea groups is 1. The van der Waals surface area contributed by atoms with Crippen LogP contribution >= 0.6 is 0 Å². The standard InChI is InChI=1S/C18H25N5O/c1-18(2,3)20-17(24)23-11-7-10-14(12-23)16-19-15(21-22-16)13-8-5-4-6-9-13/h4-6,8-9,14H,7,10-12H2,1-3H3,(H,20,24)(H,19,21,22)/t14-/m0/s1. The van der Waals surface area contributed by atoms with Crippen LogP contribution in [-0.4, -0.2) is 44.7 Å². The van der Waals surface area contributed by atoms with Gasteiger partial charge in [0, 0.05) is 30.1 Å². The van der Waals surface area contributed by atoms with Crippen LogP contribution in [0.15, 0.2) is 30.3 Å². The van der Waals surface area contributed by atoms with E-state index in [1.807, 2.05) is 56.0 Å². The van der Waals surface area contributed by atoms with Gasteiger partial charge in [0.1, 0.15) is 5.82 Å². The summed E-state index contributed by atoms with van der Waals surface area (Å²) in [5.41, 5.74) is 0.773. The van der Waals surface area contributed by atoms with Crippen molar-refractivity contribution >= 4 is 6.03 Å². The lowest BCUT2D eigenvalue weighted by atomic mass is 9.97. The number of nitrogens with one attached hydrogen (secondary N) is 2. The normalized spacial score (nSPS) is 18.5. The van der Waals surface area contributed by atoms with Crippen LogP contribution in [-0.2, 0) is 0 Å². The number of amides is 2. The van der Waals surface area contributed by atoms with Crippen molar-refractivity contribution in [3.8, 4) is 11.4 Å². The Balaban J connectivity index is 1.69. The van der Waals surface area contributed by atoms with Crippen LogP contribution in [0.25, 0.3) is 11.4 Å². The lowest BCUT2D eigenvalue weighted by molar-refractivity contribution is 0.170. The highest BCUT2D eigenvalue weighted by Gasteiger charge is 2.28. The van der Waals surface area contributed by atoms with E-state index in [-0.39, 0.29) is 17.5 Å². The second kappa shape index (κ2) is 6.63. The van der Waals surface area contributed by atoms with Crippen molar-refractivity contribution in [2.75, 3.05) is 13.1 Å². The van der Waals surface area contributed by atoms with Crippen molar-refractivity contribution in [2.24, 2.45) is 0 Å². The molecule has 0 radical (unpaired) electrons. The predicted molar refractivity (Wildman–Crippen MR) is 93.7 cm³/mol. The second-order valence-electron chi connectivity index (χ2n) is 7.38. The molecule has 2 heterocycles. The second-order valence-corrected chi connectivity index (χ2v) is 7.38. The molecule has 6 heteroatoms. The molecule has 0 unspecified atom stereocenters. The number of piperidine rings is 1. The molecule has 2 amide bonds. The first-order valence-corrected chi connectivity index (χ1v) is 8.47. The Kier molecular flexibility index (Phi) is 4.55. The molecule has 1 aromatic heterocycles. The minimum atomic E-state index is -0.225. The van der Waals surface area contributed by atoms with Crippen molar-refractivity contribution in [1.82, 2.24) is 25.4 Å². The van der Waals surface area contributed by atoms with Gasteiger partial charge in [-0.2, -0.15) is 5.10 Å². The number of aromatic nitrogens is 3. The van der Waals surface area contributed by atoms with Gasteiger partial charge in [-0.05, 0) is 33.6 Å². The Morgan fingerprint density at radius 1 is 1.29 bits per heavy atom. The first-order valence-electron chi connectivity index (χ1n) is 8.47. The van der Waals surface area contributed by atoms with E-state index in [1.165, 1.54) is 0 Å². The summed E-state index contributed by atoms with van der Waals surface area (Å²) >= 11 is 0. The molecule has 1 atom stereocenters. The molecule has 1 fully saturated rings. The van der Waals surface area contributed by atoms with Gasteiger partial charge >= 0.3 is 6.03 Å². The Labute approximate surface area is 142 Å². The molecule has 0 aliphatic carbocycles. The van der Waals surface area contributed by atoms with Gasteiger partial charge in [-0.15, -0.1) is 0 Å². The first-order chi connectivity index (χ1) is 11.4. The number of carbonyl (C=O) groups excluding carboxylic acids is 1. The highest BCUT2D eigenvalue weighted by molar-refractivity contribution is 5.75. The van der Waals surface area contributed by atoms with Gasteiger partial charge in [0.05, 0.1) is 0 Å². The fourth-order valence-electron chi connectivity index (χ4n) is 2.96. The molecule has 0 spiro atoms. The van der Waals surface area contributed by atoms with Gasteiger partial charge in [-0.1, -0.05) is 30.3 Å². The first kappa shape index (κ1) is 16.5. The Hall–Kier alpha value is -2.37. The van der Waals surface area contributed by atoms with E-state index < -0.39 is 0 Å². The predicted octanol–water partition coefficient (Wildman–Crippen LogP) is 3.16. The topological polar surface area (TPSA) is 73.9 Å². The number of benzene rings is 1. The van der Waals surface area contributed by atoms with Crippen LogP contribution in [0.4, 0.5) is 4.79 Å². The van der Waals surface area contributed by atoms with Crippen LogP contribution in [0.2, 0.25) is 0 Å². The summed E-state index contributed by atoms with van der Waals surface area (Å²) in [7, 11) is 0. The molecule has 0 saturated carbocycles. The smallest absolute Gasteiger partial charge is 0.317 e. The zero-order valence-corrected chi connectivity index (χ0v) is 14.5. The highest BCUT2D eigenvalue weighted by atomic mass is 16.2. The summed E-state index contributed by atoms with van der Waals surface area (Å²) in [5.74, 6) is 1.78. The van der Waals surface area contributed by atoms with Gasteiger partial charge in [-0.3, -0.25) is 5.10 Å². The van der Waals surface area contributed by atoms with Crippen molar-refractivity contribution in [1.29, 1.82) is 0 Å². The van der Waals surface area contributed by atoms with E-state index in [2.05, 4.69) is 20.5 Å². The fraction of sp³-hybridized carbons (Fsp3) is 0.500. The van der Waals surface area contributed by atoms with Gasteiger partial charge in [-0.25, -0.2) is 9.78 Å². The molecule has 2 aromatic rings. The number of hydrogen-bond acceptors (Lipinski definition) is 3. The molecule has 128 valence electrons. The molecule has 1 aromatic carbocycles. The van der Waals surface area contributed by atoms with Crippen LogP contribution in [0.5, 0.6) is 0 Å². The van der Waals surface area contributed by atoms with Crippen molar-refractivity contribution < 1.29 is 4.79 Å². The van der Waals surface area contributed by atoms with E-state index in [4.69, 9.17) is 0 Å². The van der Waals surface area contributed by atoms with Crippen molar-refractivity contribution in [2.45, 2.75) is 45.1 Å². The number of rotatable bonds is 2. The zero-order valence-electron chi connectivity index (χ0n) is 14.5. The van der Waals surface area contributed by atoms with Crippen LogP contribution in [0.3, 0.4) is 0 Å². The minimum Gasteiger partial charge on any atom is -0.333 e. The van der Waals surface area contributed by atoms with E-state index in [9.17, 15) is 4.79 Å². The van der Waals surface area contributed by atoms with E-state index in [1.54, 1.807) is 0 Å². The molecular formula is C18H25N5O.